The van der Waals surface area contributed by atoms with Crippen LogP contribution in [-0.2, 0) is 0 Å². The molecular weight excluding hydrogens is 332 g/mol. The van der Waals surface area contributed by atoms with Crippen LogP contribution in [-0.4, -0.2) is 47.1 Å². The fourth-order valence-electron chi connectivity index (χ4n) is 5.08. The highest BCUT2D eigenvalue weighted by molar-refractivity contribution is 5.59. The first-order valence-electron chi connectivity index (χ1n) is 10.7. The molecule has 2 aromatic rings. The fourth-order valence-corrected chi connectivity index (χ4v) is 5.08. The zero-order valence-electron chi connectivity index (χ0n) is 16.2. The molecular formula is C23H30N4. The van der Waals surface area contributed by atoms with Crippen LogP contribution < -0.4 is 4.90 Å². The van der Waals surface area contributed by atoms with Crippen LogP contribution >= 0.6 is 0 Å². The zero-order valence-corrected chi connectivity index (χ0v) is 16.2. The molecule has 3 aliphatic rings. The minimum absolute atomic E-state index is 0.602. The van der Waals surface area contributed by atoms with Crippen molar-refractivity contribution in [3.63, 3.8) is 0 Å². The van der Waals surface area contributed by atoms with Crippen molar-refractivity contribution >= 4 is 5.82 Å². The molecule has 142 valence electrons. The van der Waals surface area contributed by atoms with E-state index in [1.165, 1.54) is 58.0 Å². The Morgan fingerprint density at radius 2 is 1.63 bits per heavy atom. The molecule has 0 unspecified atom stereocenters. The van der Waals surface area contributed by atoms with Crippen LogP contribution in [0, 0.1) is 5.41 Å². The standard InChI is InChI=1S/C23H30N4/c1-2-13-24-21(6-1)19-7-8-22(25-18-19)27-16-11-23(12-17-27)9-14-26(15-10-23)20-4-3-5-20/h1-2,6-8,13,18,20H,3-5,9-12,14-17H2. The molecule has 2 aromatic heterocycles. The molecule has 5 rings (SSSR count). The minimum Gasteiger partial charge on any atom is -0.357 e. The Morgan fingerprint density at radius 1 is 0.852 bits per heavy atom. The molecule has 0 radical (unpaired) electrons. The van der Waals surface area contributed by atoms with Gasteiger partial charge in [0, 0.05) is 37.1 Å². The van der Waals surface area contributed by atoms with Gasteiger partial charge in [-0.1, -0.05) is 12.5 Å². The predicted molar refractivity (Wildman–Crippen MR) is 110 cm³/mol. The van der Waals surface area contributed by atoms with Crippen molar-refractivity contribution in [1.29, 1.82) is 0 Å². The van der Waals surface area contributed by atoms with Crippen LogP contribution in [0.3, 0.4) is 0 Å². The van der Waals surface area contributed by atoms with Gasteiger partial charge in [-0.25, -0.2) is 4.98 Å². The first-order valence-corrected chi connectivity index (χ1v) is 10.7. The van der Waals surface area contributed by atoms with E-state index in [1.807, 2.05) is 30.6 Å². The van der Waals surface area contributed by atoms with Gasteiger partial charge in [-0.3, -0.25) is 4.98 Å². The molecule has 1 spiro atoms. The highest BCUT2D eigenvalue weighted by atomic mass is 15.2. The molecule has 4 heterocycles. The average Bonchev–Trinajstić information content (AvgIpc) is 2.70. The lowest BCUT2D eigenvalue weighted by molar-refractivity contribution is 0.0305. The van der Waals surface area contributed by atoms with E-state index in [0.717, 1.165) is 36.2 Å². The monoisotopic (exact) mass is 362 g/mol. The second kappa shape index (κ2) is 7.23. The van der Waals surface area contributed by atoms with Crippen molar-refractivity contribution in [2.75, 3.05) is 31.1 Å². The van der Waals surface area contributed by atoms with Crippen LogP contribution in [0.15, 0.2) is 42.7 Å². The van der Waals surface area contributed by atoms with Crippen LogP contribution in [0.2, 0.25) is 0 Å². The molecule has 2 aliphatic heterocycles. The molecule has 1 aliphatic carbocycles. The van der Waals surface area contributed by atoms with Gasteiger partial charge in [-0.2, -0.15) is 0 Å². The van der Waals surface area contributed by atoms with Crippen molar-refractivity contribution in [2.24, 2.45) is 5.41 Å². The normalized spacial score (nSPS) is 23.3. The Kier molecular flexibility index (Phi) is 4.60. The lowest BCUT2D eigenvalue weighted by Crippen LogP contribution is -2.51. The number of nitrogens with zero attached hydrogens (tertiary/aromatic N) is 4. The molecule has 0 aromatic carbocycles. The summed E-state index contributed by atoms with van der Waals surface area (Å²) < 4.78 is 0. The van der Waals surface area contributed by atoms with E-state index in [9.17, 15) is 0 Å². The first kappa shape index (κ1) is 17.2. The summed E-state index contributed by atoms with van der Waals surface area (Å²) in [5.74, 6) is 1.12. The molecule has 0 N–H and O–H groups in total. The molecule has 0 atom stereocenters. The van der Waals surface area contributed by atoms with Gasteiger partial charge in [0.1, 0.15) is 5.82 Å². The maximum absolute atomic E-state index is 4.74. The number of hydrogen-bond donors (Lipinski definition) is 0. The molecule has 4 nitrogen and oxygen atoms in total. The number of anilines is 1. The molecule has 4 heteroatoms. The predicted octanol–water partition coefficient (Wildman–Crippen LogP) is 4.38. The van der Waals surface area contributed by atoms with Gasteiger partial charge in [0.05, 0.1) is 5.69 Å². The summed E-state index contributed by atoms with van der Waals surface area (Å²) in [7, 11) is 0. The van der Waals surface area contributed by atoms with Gasteiger partial charge in [-0.05, 0) is 81.3 Å². The lowest BCUT2D eigenvalue weighted by Gasteiger charge is -2.50. The van der Waals surface area contributed by atoms with Crippen molar-refractivity contribution < 1.29 is 0 Å². The SMILES string of the molecule is c1ccc(-c2ccc(N3CCC4(CC3)CCN(C3CCC3)CC4)nc2)nc1. The second-order valence-electron chi connectivity index (χ2n) is 8.73. The van der Waals surface area contributed by atoms with Crippen LogP contribution in [0.25, 0.3) is 11.3 Å². The largest absolute Gasteiger partial charge is 0.357 e. The fraction of sp³-hybridized carbons (Fsp3) is 0.565. The van der Waals surface area contributed by atoms with Crippen molar-refractivity contribution in [3.05, 3.63) is 42.7 Å². The van der Waals surface area contributed by atoms with Crippen molar-refractivity contribution in [1.82, 2.24) is 14.9 Å². The highest BCUT2D eigenvalue weighted by Crippen LogP contribution is 2.43. The summed E-state index contributed by atoms with van der Waals surface area (Å²) in [5, 5.41) is 0. The number of rotatable bonds is 3. The Balaban J connectivity index is 1.18. The number of pyridine rings is 2. The van der Waals surface area contributed by atoms with Crippen LogP contribution in [0.5, 0.6) is 0 Å². The molecule has 2 saturated heterocycles. The van der Waals surface area contributed by atoms with Gasteiger partial charge in [0.15, 0.2) is 0 Å². The first-order chi connectivity index (χ1) is 13.3. The van der Waals surface area contributed by atoms with E-state index in [1.54, 1.807) is 0 Å². The van der Waals surface area contributed by atoms with E-state index >= 15 is 0 Å². The van der Waals surface area contributed by atoms with Gasteiger partial charge >= 0.3 is 0 Å². The third kappa shape index (κ3) is 3.47. The Morgan fingerprint density at radius 3 is 2.22 bits per heavy atom. The summed E-state index contributed by atoms with van der Waals surface area (Å²) in [6, 6.07) is 11.3. The second-order valence-corrected chi connectivity index (χ2v) is 8.73. The number of piperidine rings is 2. The Labute approximate surface area is 162 Å². The van der Waals surface area contributed by atoms with E-state index < -0.39 is 0 Å². The molecule has 0 amide bonds. The Bertz CT molecular complexity index is 736. The minimum atomic E-state index is 0.602. The van der Waals surface area contributed by atoms with E-state index in [4.69, 9.17) is 4.98 Å². The quantitative estimate of drug-likeness (QED) is 0.811. The molecule has 3 fully saturated rings. The average molecular weight is 363 g/mol. The van der Waals surface area contributed by atoms with Gasteiger partial charge in [0.2, 0.25) is 0 Å². The number of hydrogen-bond acceptors (Lipinski definition) is 4. The van der Waals surface area contributed by atoms with Crippen LogP contribution in [0.4, 0.5) is 5.82 Å². The number of likely N-dealkylation sites (tertiary alicyclic amines) is 1. The zero-order chi connectivity index (χ0) is 18.1. The molecule has 1 saturated carbocycles. The van der Waals surface area contributed by atoms with E-state index in [-0.39, 0.29) is 0 Å². The number of aromatic nitrogens is 2. The molecule has 0 bridgehead atoms. The summed E-state index contributed by atoms with van der Waals surface area (Å²) in [6.07, 6.45) is 13.6. The third-order valence-corrected chi connectivity index (χ3v) is 7.31. The van der Waals surface area contributed by atoms with E-state index in [0.29, 0.717) is 5.41 Å². The summed E-state index contributed by atoms with van der Waals surface area (Å²) in [4.78, 5) is 14.4. The summed E-state index contributed by atoms with van der Waals surface area (Å²) in [6.45, 7) is 4.97. The molecule has 27 heavy (non-hydrogen) atoms. The Hall–Kier alpha value is -1.94. The maximum atomic E-state index is 4.74. The van der Waals surface area contributed by atoms with Crippen molar-refractivity contribution in [3.8, 4) is 11.3 Å². The smallest absolute Gasteiger partial charge is 0.128 e. The topological polar surface area (TPSA) is 32.3 Å². The lowest BCUT2D eigenvalue weighted by atomic mass is 9.70. The van der Waals surface area contributed by atoms with Gasteiger partial charge in [-0.15, -0.1) is 0 Å². The summed E-state index contributed by atoms with van der Waals surface area (Å²) in [5.41, 5.74) is 2.69. The maximum Gasteiger partial charge on any atom is 0.128 e. The van der Waals surface area contributed by atoms with E-state index in [2.05, 4.69) is 26.9 Å². The van der Waals surface area contributed by atoms with Gasteiger partial charge in [0.25, 0.3) is 0 Å². The van der Waals surface area contributed by atoms with Gasteiger partial charge < -0.3 is 9.80 Å². The van der Waals surface area contributed by atoms with Crippen LogP contribution in [0.1, 0.15) is 44.9 Å². The third-order valence-electron chi connectivity index (χ3n) is 7.31. The summed E-state index contributed by atoms with van der Waals surface area (Å²) >= 11 is 0. The highest BCUT2D eigenvalue weighted by Gasteiger charge is 2.39. The van der Waals surface area contributed by atoms with Crippen molar-refractivity contribution in [2.45, 2.75) is 51.0 Å².